The molecule has 3 rings (SSSR count). The lowest BCUT2D eigenvalue weighted by Gasteiger charge is -2.38. The third kappa shape index (κ3) is 3.32. The van der Waals surface area contributed by atoms with Crippen LogP contribution < -0.4 is 0 Å². The van der Waals surface area contributed by atoms with Crippen molar-refractivity contribution in [3.63, 3.8) is 0 Å². The Morgan fingerprint density at radius 3 is 2.57 bits per heavy atom. The van der Waals surface area contributed by atoms with Crippen LogP contribution in [0.2, 0.25) is 0 Å². The van der Waals surface area contributed by atoms with Crippen molar-refractivity contribution in [1.82, 2.24) is 9.88 Å². The van der Waals surface area contributed by atoms with Gasteiger partial charge in [-0.05, 0) is 55.3 Å². The topological polar surface area (TPSA) is 19.0 Å². The van der Waals surface area contributed by atoms with Crippen molar-refractivity contribution < 1.29 is 0 Å². The summed E-state index contributed by atoms with van der Waals surface area (Å²) in [7, 11) is 0. The Balaban J connectivity index is 1.55. The number of fused-ring (bicyclic) bond motifs is 1. The monoisotopic (exact) mass is 284 g/mol. The number of para-hydroxylation sites is 1. The first-order valence-electron chi connectivity index (χ1n) is 8.31. The molecule has 0 saturated carbocycles. The molecule has 21 heavy (non-hydrogen) atoms. The van der Waals surface area contributed by atoms with E-state index in [1.807, 2.05) is 0 Å². The van der Waals surface area contributed by atoms with E-state index in [1.165, 1.54) is 48.9 Å². The largest absolute Gasteiger partial charge is 0.361 e. The molecule has 2 nitrogen and oxygen atoms in total. The molecule has 0 aliphatic carbocycles. The third-order valence-corrected chi connectivity index (χ3v) is 5.18. The van der Waals surface area contributed by atoms with Crippen LogP contribution in [0.3, 0.4) is 0 Å². The molecule has 2 aromatic rings. The number of aromatic amines is 1. The summed E-state index contributed by atoms with van der Waals surface area (Å²) in [5, 5.41) is 1.39. The molecule has 0 unspecified atom stereocenters. The highest BCUT2D eigenvalue weighted by Gasteiger charge is 2.28. The number of nitrogens with zero attached hydrogens (tertiary/aromatic N) is 1. The van der Waals surface area contributed by atoms with E-state index < -0.39 is 0 Å². The van der Waals surface area contributed by atoms with Gasteiger partial charge in [0, 0.05) is 23.6 Å². The molecule has 1 aliphatic rings. The third-order valence-electron chi connectivity index (χ3n) is 5.18. The van der Waals surface area contributed by atoms with Gasteiger partial charge in [0.15, 0.2) is 0 Å². The van der Waals surface area contributed by atoms with E-state index >= 15 is 0 Å². The minimum atomic E-state index is 0.475. The van der Waals surface area contributed by atoms with Gasteiger partial charge in [-0.1, -0.05) is 39.0 Å². The summed E-state index contributed by atoms with van der Waals surface area (Å²) in [5.41, 5.74) is 3.20. The molecular formula is C19H28N2. The number of nitrogens with one attached hydrogen (secondary N) is 1. The molecule has 0 amide bonds. The fraction of sp³-hybridized carbons (Fsp3) is 0.579. The molecule has 2 heterocycles. The Bertz CT molecular complexity index is 583. The predicted octanol–water partition coefficient (Wildman–Crippen LogP) is 4.47. The molecule has 1 fully saturated rings. The fourth-order valence-corrected chi connectivity index (χ4v) is 3.64. The number of hydrogen-bond acceptors (Lipinski definition) is 1. The molecule has 0 bridgehead atoms. The number of piperidine rings is 1. The smallest absolute Gasteiger partial charge is 0.0456 e. The molecular weight excluding hydrogens is 256 g/mol. The van der Waals surface area contributed by atoms with Crippen LogP contribution in [0.15, 0.2) is 30.5 Å². The van der Waals surface area contributed by atoms with Gasteiger partial charge in [-0.15, -0.1) is 0 Å². The summed E-state index contributed by atoms with van der Waals surface area (Å²) in [6.45, 7) is 10.9. The van der Waals surface area contributed by atoms with E-state index in [1.54, 1.807) is 0 Å². The van der Waals surface area contributed by atoms with Crippen molar-refractivity contribution in [2.24, 2.45) is 11.3 Å². The first kappa shape index (κ1) is 14.6. The molecule has 1 aromatic carbocycles. The summed E-state index contributed by atoms with van der Waals surface area (Å²) >= 11 is 0. The van der Waals surface area contributed by atoms with Crippen LogP contribution in [-0.4, -0.2) is 29.5 Å². The summed E-state index contributed by atoms with van der Waals surface area (Å²) < 4.78 is 0. The van der Waals surface area contributed by atoms with Gasteiger partial charge in [-0.2, -0.15) is 0 Å². The SMILES string of the molecule is CC(C)(C)C1CCN(CCc2c[nH]c3ccccc23)CC1. The fourth-order valence-electron chi connectivity index (χ4n) is 3.64. The Morgan fingerprint density at radius 2 is 1.86 bits per heavy atom. The predicted molar refractivity (Wildman–Crippen MR) is 90.6 cm³/mol. The average molecular weight is 284 g/mol. The molecule has 1 N–H and O–H groups in total. The van der Waals surface area contributed by atoms with Crippen molar-refractivity contribution in [3.8, 4) is 0 Å². The molecule has 0 spiro atoms. The number of hydrogen-bond donors (Lipinski definition) is 1. The minimum absolute atomic E-state index is 0.475. The first-order chi connectivity index (χ1) is 10.0. The van der Waals surface area contributed by atoms with Gasteiger partial charge >= 0.3 is 0 Å². The number of rotatable bonds is 3. The van der Waals surface area contributed by atoms with Gasteiger partial charge in [0.05, 0.1) is 0 Å². The zero-order chi connectivity index (χ0) is 14.9. The Morgan fingerprint density at radius 1 is 1.14 bits per heavy atom. The van der Waals surface area contributed by atoms with E-state index in [2.05, 4.69) is 61.1 Å². The highest BCUT2D eigenvalue weighted by Crippen LogP contribution is 2.34. The van der Waals surface area contributed by atoms with Gasteiger partial charge in [-0.25, -0.2) is 0 Å². The zero-order valence-electron chi connectivity index (χ0n) is 13.7. The Labute approximate surface area is 128 Å². The lowest BCUT2D eigenvalue weighted by molar-refractivity contribution is 0.113. The van der Waals surface area contributed by atoms with Gasteiger partial charge < -0.3 is 9.88 Å². The van der Waals surface area contributed by atoms with E-state index in [4.69, 9.17) is 0 Å². The lowest BCUT2D eigenvalue weighted by Crippen LogP contribution is -2.38. The van der Waals surface area contributed by atoms with Crippen LogP contribution in [0.4, 0.5) is 0 Å². The minimum Gasteiger partial charge on any atom is -0.361 e. The van der Waals surface area contributed by atoms with E-state index in [9.17, 15) is 0 Å². The summed E-state index contributed by atoms with van der Waals surface area (Å²) in [4.78, 5) is 6.03. The highest BCUT2D eigenvalue weighted by atomic mass is 15.1. The van der Waals surface area contributed by atoms with Gasteiger partial charge in [-0.3, -0.25) is 0 Å². The number of aromatic nitrogens is 1. The van der Waals surface area contributed by atoms with Crippen molar-refractivity contribution in [3.05, 3.63) is 36.0 Å². The van der Waals surface area contributed by atoms with Crippen LogP contribution in [0, 0.1) is 11.3 Å². The van der Waals surface area contributed by atoms with Gasteiger partial charge in [0.25, 0.3) is 0 Å². The second kappa shape index (κ2) is 5.84. The Hall–Kier alpha value is -1.28. The second-order valence-corrected chi connectivity index (χ2v) is 7.59. The van der Waals surface area contributed by atoms with Crippen molar-refractivity contribution in [2.45, 2.75) is 40.0 Å². The number of likely N-dealkylation sites (tertiary alicyclic amines) is 1. The average Bonchev–Trinajstić information content (AvgIpc) is 2.88. The van der Waals surface area contributed by atoms with Crippen LogP contribution in [-0.2, 0) is 6.42 Å². The summed E-state index contributed by atoms with van der Waals surface area (Å²) in [5.74, 6) is 0.891. The molecule has 2 heteroatoms. The standard InChI is InChI=1S/C19H28N2/c1-19(2,3)16-9-12-21(13-10-16)11-8-15-14-20-18-7-5-4-6-17(15)18/h4-7,14,16,20H,8-13H2,1-3H3. The van der Waals surface area contributed by atoms with Gasteiger partial charge in [0.1, 0.15) is 0 Å². The normalized spacial score (nSPS) is 18.4. The first-order valence-corrected chi connectivity index (χ1v) is 8.31. The zero-order valence-corrected chi connectivity index (χ0v) is 13.7. The summed E-state index contributed by atoms with van der Waals surface area (Å²) in [6, 6.07) is 8.62. The summed E-state index contributed by atoms with van der Waals surface area (Å²) in [6.07, 6.45) is 6.06. The van der Waals surface area contributed by atoms with Gasteiger partial charge in [0.2, 0.25) is 0 Å². The maximum atomic E-state index is 3.38. The molecule has 0 radical (unpaired) electrons. The molecule has 1 saturated heterocycles. The van der Waals surface area contributed by atoms with Crippen LogP contribution >= 0.6 is 0 Å². The van der Waals surface area contributed by atoms with Crippen LogP contribution in [0.5, 0.6) is 0 Å². The molecule has 1 aromatic heterocycles. The van der Waals surface area contributed by atoms with Crippen molar-refractivity contribution in [2.75, 3.05) is 19.6 Å². The van der Waals surface area contributed by atoms with E-state index in [-0.39, 0.29) is 0 Å². The van der Waals surface area contributed by atoms with Crippen LogP contribution in [0.25, 0.3) is 10.9 Å². The molecule has 114 valence electrons. The highest BCUT2D eigenvalue weighted by molar-refractivity contribution is 5.83. The quantitative estimate of drug-likeness (QED) is 0.881. The van der Waals surface area contributed by atoms with Crippen LogP contribution in [0.1, 0.15) is 39.2 Å². The lowest BCUT2D eigenvalue weighted by atomic mass is 9.75. The maximum Gasteiger partial charge on any atom is 0.0456 e. The molecule has 1 aliphatic heterocycles. The number of benzene rings is 1. The van der Waals surface area contributed by atoms with E-state index in [0.29, 0.717) is 5.41 Å². The van der Waals surface area contributed by atoms with Crippen molar-refractivity contribution >= 4 is 10.9 Å². The second-order valence-electron chi connectivity index (χ2n) is 7.59. The van der Waals surface area contributed by atoms with E-state index in [0.717, 1.165) is 12.3 Å². The maximum absolute atomic E-state index is 3.38. The molecule has 0 atom stereocenters. The Kier molecular flexibility index (Phi) is 4.08. The van der Waals surface area contributed by atoms with Crippen molar-refractivity contribution in [1.29, 1.82) is 0 Å². The number of H-pyrrole nitrogens is 1.